The zero-order valence-corrected chi connectivity index (χ0v) is 20.5. The molecule has 0 unspecified atom stereocenters. The molecule has 186 valence electrons. The van der Waals surface area contributed by atoms with Gasteiger partial charge < -0.3 is 20.4 Å². The fourth-order valence-corrected chi connectivity index (χ4v) is 3.66. The van der Waals surface area contributed by atoms with Crippen LogP contribution in [0.3, 0.4) is 0 Å². The molecule has 0 aliphatic heterocycles. The number of carbonyl (C=O) groups excluding carboxylic acids is 2. The Morgan fingerprint density at radius 3 is 2.46 bits per heavy atom. The van der Waals surface area contributed by atoms with E-state index in [2.05, 4.69) is 10.3 Å². The van der Waals surface area contributed by atoms with Gasteiger partial charge in [-0.05, 0) is 48.6 Å². The summed E-state index contributed by atoms with van der Waals surface area (Å²) in [6.45, 7) is 9.90. The highest BCUT2D eigenvalue weighted by Gasteiger charge is 2.27. The average molecular weight is 482 g/mol. The van der Waals surface area contributed by atoms with E-state index < -0.39 is 23.1 Å². The van der Waals surface area contributed by atoms with Crippen LogP contribution < -0.4 is 27.2 Å². The lowest BCUT2D eigenvalue weighted by molar-refractivity contribution is 0.0978. The molecule has 0 aliphatic carbocycles. The smallest absolute Gasteiger partial charge is 0.330 e. The van der Waals surface area contributed by atoms with E-state index in [1.165, 1.54) is 21.8 Å². The lowest BCUT2D eigenvalue weighted by Gasteiger charge is -2.26. The second-order valence-electron chi connectivity index (χ2n) is 9.27. The first-order valence-electron chi connectivity index (χ1n) is 11.4. The van der Waals surface area contributed by atoms with Gasteiger partial charge in [0, 0.05) is 24.3 Å². The Labute approximate surface area is 202 Å². The van der Waals surface area contributed by atoms with Crippen molar-refractivity contribution in [2.45, 2.75) is 41.2 Å². The number of nitrogens with two attached hydrogens (primary N) is 1. The van der Waals surface area contributed by atoms with E-state index in [0.29, 0.717) is 5.69 Å². The van der Waals surface area contributed by atoms with Gasteiger partial charge in [0.2, 0.25) is 0 Å². The number of hydrogen-bond donors (Lipinski definition) is 3. The molecule has 0 fully saturated rings. The predicted molar refractivity (Wildman–Crippen MR) is 135 cm³/mol. The van der Waals surface area contributed by atoms with E-state index in [1.807, 2.05) is 27.7 Å². The summed E-state index contributed by atoms with van der Waals surface area (Å²) in [5.74, 6) is -0.802. The van der Waals surface area contributed by atoms with E-state index in [0.717, 1.165) is 5.56 Å². The molecule has 0 bridgehead atoms. The highest BCUT2D eigenvalue weighted by Crippen LogP contribution is 2.24. The number of nitrogen functional groups attached to an aromatic ring is 1. The molecule has 1 aromatic carbocycles. The first kappa shape index (κ1) is 25.5. The molecule has 0 aliphatic rings. The first-order chi connectivity index (χ1) is 16.5. The van der Waals surface area contributed by atoms with E-state index >= 15 is 0 Å². The van der Waals surface area contributed by atoms with Gasteiger partial charge >= 0.3 is 5.69 Å². The second kappa shape index (κ2) is 10.5. The molecule has 3 rings (SSSR count). The molecule has 10 nitrogen and oxygen atoms in total. The van der Waals surface area contributed by atoms with Gasteiger partial charge in [0.25, 0.3) is 17.4 Å². The Morgan fingerprint density at radius 1 is 1.14 bits per heavy atom. The number of furan rings is 1. The highest BCUT2D eigenvalue weighted by molar-refractivity contribution is 6.09. The largest absolute Gasteiger partial charge is 0.459 e. The van der Waals surface area contributed by atoms with Crippen LogP contribution >= 0.6 is 0 Å². The number of hydrogen-bond acceptors (Lipinski definition) is 6. The van der Waals surface area contributed by atoms with Crippen molar-refractivity contribution in [1.82, 2.24) is 9.55 Å². The lowest BCUT2D eigenvalue weighted by Crippen LogP contribution is -2.43. The van der Waals surface area contributed by atoms with Crippen molar-refractivity contribution in [3.05, 3.63) is 74.3 Å². The van der Waals surface area contributed by atoms with Crippen LogP contribution in [-0.2, 0) is 6.54 Å². The van der Waals surface area contributed by atoms with Crippen molar-refractivity contribution < 1.29 is 14.0 Å². The summed E-state index contributed by atoms with van der Waals surface area (Å²) in [7, 11) is 0. The van der Waals surface area contributed by atoms with E-state index in [-0.39, 0.29) is 47.8 Å². The minimum atomic E-state index is -0.736. The van der Waals surface area contributed by atoms with Gasteiger partial charge in [-0.1, -0.05) is 33.8 Å². The zero-order chi connectivity index (χ0) is 25.9. The van der Waals surface area contributed by atoms with Gasteiger partial charge in [0.05, 0.1) is 6.26 Å². The third-order valence-electron chi connectivity index (χ3n) is 5.30. The van der Waals surface area contributed by atoms with Crippen molar-refractivity contribution in [1.29, 1.82) is 0 Å². The maximum Gasteiger partial charge on any atom is 0.330 e. The summed E-state index contributed by atoms with van der Waals surface area (Å²) < 4.78 is 6.40. The van der Waals surface area contributed by atoms with Crippen molar-refractivity contribution in [3.8, 4) is 0 Å². The third-order valence-corrected chi connectivity index (χ3v) is 5.30. The number of benzene rings is 1. The van der Waals surface area contributed by atoms with Crippen molar-refractivity contribution in [3.63, 3.8) is 0 Å². The topological polar surface area (TPSA) is 143 Å². The molecule has 2 heterocycles. The third kappa shape index (κ3) is 5.71. The van der Waals surface area contributed by atoms with Crippen molar-refractivity contribution in [2.75, 3.05) is 22.5 Å². The van der Waals surface area contributed by atoms with Crippen LogP contribution in [0.4, 0.5) is 17.2 Å². The Bertz CT molecular complexity index is 1340. The quantitative estimate of drug-likeness (QED) is 0.451. The molecule has 0 saturated carbocycles. The van der Waals surface area contributed by atoms with Crippen LogP contribution in [0.25, 0.3) is 0 Å². The number of amides is 2. The monoisotopic (exact) mass is 481 g/mol. The fraction of sp³-hybridized carbons (Fsp3) is 0.360. The minimum Gasteiger partial charge on any atom is -0.459 e. The molecule has 0 atom stereocenters. The number of carbonyl (C=O) groups is 2. The minimum absolute atomic E-state index is 0.00759. The maximum atomic E-state index is 13.7. The van der Waals surface area contributed by atoms with Gasteiger partial charge in [-0.3, -0.25) is 23.9 Å². The Kier molecular flexibility index (Phi) is 7.63. The molecule has 0 radical (unpaired) electrons. The average Bonchev–Trinajstić information content (AvgIpc) is 3.31. The van der Waals surface area contributed by atoms with Gasteiger partial charge in [-0.25, -0.2) is 4.79 Å². The van der Waals surface area contributed by atoms with E-state index in [4.69, 9.17) is 10.2 Å². The number of nitrogens with one attached hydrogen (secondary N) is 2. The Balaban J connectivity index is 2.06. The maximum absolute atomic E-state index is 13.7. The second-order valence-corrected chi connectivity index (χ2v) is 9.27. The number of anilines is 3. The first-order valence-corrected chi connectivity index (χ1v) is 11.4. The van der Waals surface area contributed by atoms with Crippen LogP contribution in [0.5, 0.6) is 0 Å². The Morgan fingerprint density at radius 2 is 1.86 bits per heavy atom. The molecular weight excluding hydrogens is 450 g/mol. The summed E-state index contributed by atoms with van der Waals surface area (Å²) in [6.07, 6.45) is 1.40. The number of aromatic amines is 1. The predicted octanol–water partition coefficient (Wildman–Crippen LogP) is 3.23. The molecular formula is C25H31N5O5. The molecule has 35 heavy (non-hydrogen) atoms. The molecule has 2 amide bonds. The van der Waals surface area contributed by atoms with Crippen LogP contribution in [0.2, 0.25) is 0 Å². The SMILES string of the molecule is Cc1ccc(C(=O)N(CC(C)C)c2c(N)n(CC(C)C)c(=O)[nH]c2=O)cc1NC(=O)c1ccco1. The standard InChI is InChI=1S/C25H31N5O5/c1-14(2)12-29(20-21(26)30(13-15(3)4)25(34)28-23(20)32)24(33)17-9-8-16(5)18(11-17)27-22(31)19-7-6-10-35-19/h6-11,14-15H,12-13,26H2,1-5H3,(H,27,31)(H,28,32,34). The van der Waals surface area contributed by atoms with Crippen molar-refractivity contribution in [2.24, 2.45) is 11.8 Å². The van der Waals surface area contributed by atoms with Crippen LogP contribution in [0, 0.1) is 18.8 Å². The highest BCUT2D eigenvalue weighted by atomic mass is 16.3. The van der Waals surface area contributed by atoms with Gasteiger partial charge in [-0.2, -0.15) is 0 Å². The number of aromatic nitrogens is 2. The molecule has 3 aromatic rings. The molecule has 0 spiro atoms. The summed E-state index contributed by atoms with van der Waals surface area (Å²) in [5.41, 5.74) is 6.24. The summed E-state index contributed by atoms with van der Waals surface area (Å²) in [5, 5.41) is 2.75. The van der Waals surface area contributed by atoms with Crippen molar-refractivity contribution >= 4 is 29.0 Å². The lowest BCUT2D eigenvalue weighted by atomic mass is 10.1. The number of nitrogens with zero attached hydrogens (tertiary/aromatic N) is 2. The number of aryl methyl sites for hydroxylation is 1. The molecule has 0 saturated heterocycles. The molecule has 2 aromatic heterocycles. The summed E-state index contributed by atoms with van der Waals surface area (Å²) in [6, 6.07) is 7.99. The van der Waals surface area contributed by atoms with Gasteiger partial charge in [-0.15, -0.1) is 0 Å². The van der Waals surface area contributed by atoms with Crippen LogP contribution in [0.15, 0.2) is 50.6 Å². The normalized spacial score (nSPS) is 11.2. The van der Waals surface area contributed by atoms with E-state index in [1.54, 1.807) is 31.2 Å². The summed E-state index contributed by atoms with van der Waals surface area (Å²) in [4.78, 5) is 55.0. The number of rotatable bonds is 8. The summed E-state index contributed by atoms with van der Waals surface area (Å²) >= 11 is 0. The number of H-pyrrole nitrogens is 1. The van der Waals surface area contributed by atoms with Crippen LogP contribution in [0.1, 0.15) is 54.2 Å². The molecule has 10 heteroatoms. The fourth-order valence-electron chi connectivity index (χ4n) is 3.66. The van der Waals surface area contributed by atoms with Gasteiger partial charge in [0.1, 0.15) is 5.82 Å². The molecule has 4 N–H and O–H groups in total. The Hall–Kier alpha value is -4.08. The zero-order valence-electron chi connectivity index (χ0n) is 20.5. The van der Waals surface area contributed by atoms with Gasteiger partial charge in [0.15, 0.2) is 11.4 Å². The van der Waals surface area contributed by atoms with E-state index in [9.17, 15) is 19.2 Å². The van der Waals surface area contributed by atoms with Crippen LogP contribution in [-0.4, -0.2) is 27.9 Å².